The van der Waals surface area contributed by atoms with Crippen LogP contribution < -0.4 is 4.74 Å². The zero-order chi connectivity index (χ0) is 13.2. The molecule has 0 spiro atoms. The molecule has 1 aromatic carbocycles. The lowest BCUT2D eigenvalue weighted by Gasteiger charge is -2.22. The second kappa shape index (κ2) is 4.77. The molecule has 1 radical (unpaired) electrons. The molecule has 0 bridgehead atoms. The van der Waals surface area contributed by atoms with Crippen LogP contribution in [0.15, 0.2) is 30.6 Å². The quantitative estimate of drug-likeness (QED) is 0.808. The topological polar surface area (TPSA) is 35.0 Å². The van der Waals surface area contributed by atoms with Crippen LogP contribution in [0.3, 0.4) is 0 Å². The van der Waals surface area contributed by atoms with Crippen molar-refractivity contribution in [2.45, 2.75) is 33.3 Å². The van der Waals surface area contributed by atoms with E-state index in [9.17, 15) is 0 Å². The number of aryl methyl sites for hydroxylation is 1. The fourth-order valence-corrected chi connectivity index (χ4v) is 1.67. The highest BCUT2D eigenvalue weighted by atomic mass is 16.5. The number of benzene rings is 1. The van der Waals surface area contributed by atoms with E-state index in [0.29, 0.717) is 0 Å². The van der Waals surface area contributed by atoms with Gasteiger partial charge in [0.2, 0.25) is 0 Å². The molecule has 2 rings (SSSR count). The van der Waals surface area contributed by atoms with E-state index < -0.39 is 0 Å². The van der Waals surface area contributed by atoms with Crippen molar-refractivity contribution in [2.75, 3.05) is 0 Å². The Morgan fingerprint density at radius 2 is 2.00 bits per heavy atom. The maximum atomic E-state index is 5.88. The summed E-state index contributed by atoms with van der Waals surface area (Å²) in [5.74, 6) is 0.904. The SMILES string of the molecule is Cc1cc(-c2cn[c]cn2)ccc1OC(C)(C)C. The van der Waals surface area contributed by atoms with Crippen LogP contribution in [0.5, 0.6) is 5.75 Å². The number of aromatic nitrogens is 2. The Labute approximate surface area is 108 Å². The molecule has 0 aliphatic rings. The van der Waals surface area contributed by atoms with Gasteiger partial charge in [-0.1, -0.05) is 0 Å². The van der Waals surface area contributed by atoms with Gasteiger partial charge in [0.15, 0.2) is 0 Å². The summed E-state index contributed by atoms with van der Waals surface area (Å²) in [6.45, 7) is 8.16. The van der Waals surface area contributed by atoms with E-state index in [2.05, 4.69) is 22.2 Å². The lowest BCUT2D eigenvalue weighted by Crippen LogP contribution is -2.23. The van der Waals surface area contributed by atoms with Crippen molar-refractivity contribution >= 4 is 0 Å². The number of rotatable bonds is 2. The fraction of sp³-hybridized carbons (Fsp3) is 0.333. The van der Waals surface area contributed by atoms with E-state index in [1.165, 1.54) is 0 Å². The molecule has 0 atom stereocenters. The molecule has 0 aliphatic carbocycles. The van der Waals surface area contributed by atoms with Crippen LogP contribution in [0.2, 0.25) is 0 Å². The van der Waals surface area contributed by atoms with Gasteiger partial charge in [-0.3, -0.25) is 9.97 Å². The number of nitrogens with zero attached hydrogens (tertiary/aromatic N) is 2. The molecule has 0 aliphatic heterocycles. The summed E-state index contributed by atoms with van der Waals surface area (Å²) in [6, 6.07) is 6.04. The Morgan fingerprint density at radius 3 is 2.56 bits per heavy atom. The molecular weight excluding hydrogens is 224 g/mol. The molecule has 18 heavy (non-hydrogen) atoms. The number of hydrogen-bond acceptors (Lipinski definition) is 3. The minimum atomic E-state index is -0.187. The van der Waals surface area contributed by atoms with Crippen molar-refractivity contribution in [1.82, 2.24) is 9.97 Å². The minimum Gasteiger partial charge on any atom is -0.488 e. The molecule has 3 heteroatoms. The fourth-order valence-electron chi connectivity index (χ4n) is 1.67. The first kappa shape index (κ1) is 12.6. The lowest BCUT2D eigenvalue weighted by atomic mass is 10.1. The first-order chi connectivity index (χ1) is 8.46. The summed E-state index contributed by atoms with van der Waals surface area (Å²) < 4.78 is 5.88. The summed E-state index contributed by atoms with van der Waals surface area (Å²) >= 11 is 0. The Bertz CT molecular complexity index is 530. The van der Waals surface area contributed by atoms with Crippen LogP contribution in [0.1, 0.15) is 26.3 Å². The van der Waals surface area contributed by atoms with Crippen molar-refractivity contribution in [3.63, 3.8) is 0 Å². The van der Waals surface area contributed by atoms with Crippen LogP contribution in [0.4, 0.5) is 0 Å². The van der Waals surface area contributed by atoms with Gasteiger partial charge < -0.3 is 4.74 Å². The normalized spacial score (nSPS) is 11.3. The van der Waals surface area contributed by atoms with E-state index in [1.54, 1.807) is 12.4 Å². The van der Waals surface area contributed by atoms with Gasteiger partial charge in [0.05, 0.1) is 18.1 Å². The summed E-state index contributed by atoms with van der Waals surface area (Å²) in [7, 11) is 0. The third-order valence-electron chi connectivity index (χ3n) is 2.41. The van der Waals surface area contributed by atoms with E-state index in [-0.39, 0.29) is 5.60 Å². The second-order valence-electron chi connectivity index (χ2n) is 5.23. The zero-order valence-electron chi connectivity index (χ0n) is 11.2. The van der Waals surface area contributed by atoms with Crippen LogP contribution in [-0.4, -0.2) is 15.6 Å². The van der Waals surface area contributed by atoms with Gasteiger partial charge in [-0.15, -0.1) is 0 Å². The summed E-state index contributed by atoms with van der Waals surface area (Å²) in [5, 5.41) is 0. The van der Waals surface area contributed by atoms with E-state index in [4.69, 9.17) is 4.74 Å². The summed E-state index contributed by atoms with van der Waals surface area (Å²) in [4.78, 5) is 8.19. The Hall–Kier alpha value is -1.90. The average Bonchev–Trinajstić information content (AvgIpc) is 2.31. The predicted octanol–water partition coefficient (Wildman–Crippen LogP) is 3.43. The van der Waals surface area contributed by atoms with Crippen LogP contribution in [-0.2, 0) is 0 Å². The molecule has 0 saturated carbocycles. The van der Waals surface area contributed by atoms with Gasteiger partial charge in [0.25, 0.3) is 0 Å². The highest BCUT2D eigenvalue weighted by molar-refractivity contribution is 5.60. The molecule has 0 N–H and O–H groups in total. The first-order valence-corrected chi connectivity index (χ1v) is 5.94. The van der Waals surface area contributed by atoms with Gasteiger partial charge in [-0.2, -0.15) is 0 Å². The van der Waals surface area contributed by atoms with Gasteiger partial charge >= 0.3 is 0 Å². The summed E-state index contributed by atoms with van der Waals surface area (Å²) in [6.07, 6.45) is 5.95. The van der Waals surface area contributed by atoms with Crippen molar-refractivity contribution in [3.8, 4) is 17.0 Å². The Morgan fingerprint density at radius 1 is 1.22 bits per heavy atom. The van der Waals surface area contributed by atoms with Crippen LogP contribution in [0, 0.1) is 13.1 Å². The smallest absolute Gasteiger partial charge is 0.123 e. The average molecular weight is 241 g/mol. The maximum absolute atomic E-state index is 5.88. The monoisotopic (exact) mass is 241 g/mol. The standard InChI is InChI=1S/C15H17N2O/c1-11-9-12(13-10-16-7-8-17-13)5-6-14(11)18-15(2,3)4/h5-6,8-10H,1-4H3. The van der Waals surface area contributed by atoms with Crippen molar-refractivity contribution in [3.05, 3.63) is 42.4 Å². The first-order valence-electron chi connectivity index (χ1n) is 5.94. The third-order valence-corrected chi connectivity index (χ3v) is 2.41. The van der Waals surface area contributed by atoms with Crippen LogP contribution in [0.25, 0.3) is 11.3 Å². The van der Waals surface area contributed by atoms with E-state index in [0.717, 1.165) is 22.6 Å². The van der Waals surface area contributed by atoms with Gasteiger partial charge in [-0.05, 0) is 51.5 Å². The highest BCUT2D eigenvalue weighted by Crippen LogP contribution is 2.27. The minimum absolute atomic E-state index is 0.187. The Balaban J connectivity index is 2.31. The molecule has 3 nitrogen and oxygen atoms in total. The van der Waals surface area contributed by atoms with E-state index >= 15 is 0 Å². The molecule has 0 fully saturated rings. The summed E-state index contributed by atoms with van der Waals surface area (Å²) in [5.41, 5.74) is 2.79. The van der Waals surface area contributed by atoms with Gasteiger partial charge in [0, 0.05) is 5.56 Å². The number of ether oxygens (including phenoxy) is 1. The van der Waals surface area contributed by atoms with Crippen molar-refractivity contribution in [2.24, 2.45) is 0 Å². The molecular formula is C15H17N2O. The van der Waals surface area contributed by atoms with E-state index in [1.807, 2.05) is 39.8 Å². The third kappa shape index (κ3) is 3.06. The maximum Gasteiger partial charge on any atom is 0.123 e. The molecule has 0 amide bonds. The molecule has 1 heterocycles. The zero-order valence-corrected chi connectivity index (χ0v) is 11.2. The Kier molecular flexibility index (Phi) is 3.32. The van der Waals surface area contributed by atoms with Gasteiger partial charge in [0.1, 0.15) is 17.5 Å². The molecule has 93 valence electrons. The molecule has 1 aromatic heterocycles. The largest absolute Gasteiger partial charge is 0.488 e. The second-order valence-corrected chi connectivity index (χ2v) is 5.23. The highest BCUT2D eigenvalue weighted by Gasteiger charge is 2.13. The molecule has 0 saturated heterocycles. The van der Waals surface area contributed by atoms with Gasteiger partial charge in [-0.25, -0.2) is 0 Å². The number of hydrogen-bond donors (Lipinski definition) is 0. The van der Waals surface area contributed by atoms with Crippen molar-refractivity contribution in [1.29, 1.82) is 0 Å². The molecule has 2 aromatic rings. The van der Waals surface area contributed by atoms with Crippen LogP contribution >= 0.6 is 0 Å². The van der Waals surface area contributed by atoms with Crippen molar-refractivity contribution < 1.29 is 4.74 Å². The molecule has 0 unspecified atom stereocenters. The lowest BCUT2D eigenvalue weighted by molar-refractivity contribution is 0.130. The predicted molar refractivity (Wildman–Crippen MR) is 71.4 cm³/mol.